The molecule has 24 heavy (non-hydrogen) atoms. The Morgan fingerprint density at radius 1 is 0.708 bits per heavy atom. The maximum absolute atomic E-state index is 4.52. The fraction of sp³-hybridized carbons (Fsp3) is 0.222. The molecule has 0 saturated heterocycles. The molecule has 2 N–H and O–H groups in total. The molecule has 0 aliphatic carbocycles. The molecule has 4 aromatic rings. The van der Waals surface area contributed by atoms with Crippen LogP contribution in [0.3, 0.4) is 0 Å². The predicted octanol–water partition coefficient (Wildman–Crippen LogP) is 3.52. The van der Waals surface area contributed by atoms with Gasteiger partial charge in [0.15, 0.2) is 0 Å². The summed E-state index contributed by atoms with van der Waals surface area (Å²) in [6, 6.07) is 12.4. The van der Waals surface area contributed by atoms with Gasteiger partial charge in [-0.3, -0.25) is 9.36 Å². The maximum Gasteiger partial charge on any atom is 0.0947 e. The summed E-state index contributed by atoms with van der Waals surface area (Å²) in [4.78, 5) is 0. The lowest BCUT2D eigenvalue weighted by atomic mass is 10.2. The van der Waals surface area contributed by atoms with Crippen LogP contribution in [0.1, 0.15) is 11.4 Å². The summed E-state index contributed by atoms with van der Waals surface area (Å²) in [5.41, 5.74) is 12.7. The first-order chi connectivity index (χ1) is 11.5. The highest BCUT2D eigenvalue weighted by Crippen LogP contribution is 2.23. The number of fused-ring (bicyclic) bond motifs is 2. The Balaban J connectivity index is 1.58. The van der Waals surface area contributed by atoms with Gasteiger partial charge in [-0.25, -0.2) is 0 Å². The fourth-order valence-electron chi connectivity index (χ4n) is 2.96. The van der Waals surface area contributed by atoms with Crippen LogP contribution in [0.5, 0.6) is 0 Å². The summed E-state index contributed by atoms with van der Waals surface area (Å²) in [7, 11) is 3.93. The van der Waals surface area contributed by atoms with Crippen molar-refractivity contribution < 1.29 is 0 Å². The molecule has 0 fully saturated rings. The van der Waals surface area contributed by atoms with E-state index in [9.17, 15) is 0 Å². The van der Waals surface area contributed by atoms with Crippen LogP contribution in [0.4, 0.5) is 11.4 Å². The predicted molar refractivity (Wildman–Crippen MR) is 98.1 cm³/mol. The molecule has 122 valence electrons. The first-order valence-electron chi connectivity index (χ1n) is 7.91. The Bertz CT molecular complexity index is 970. The Morgan fingerprint density at radius 2 is 1.12 bits per heavy atom. The first-order valence-corrected chi connectivity index (χ1v) is 7.91. The molecular weight excluding hydrogens is 300 g/mol. The number of nitrogens with zero attached hydrogens (tertiary/aromatic N) is 4. The Hall–Kier alpha value is -3.02. The summed E-state index contributed by atoms with van der Waals surface area (Å²) in [5, 5.41) is 11.4. The Morgan fingerprint density at radius 3 is 1.54 bits per heavy atom. The van der Waals surface area contributed by atoms with Gasteiger partial charge < -0.3 is 10.9 Å². The molecule has 0 spiro atoms. The van der Waals surface area contributed by atoms with E-state index in [1.807, 2.05) is 47.7 Å². The van der Waals surface area contributed by atoms with Crippen LogP contribution in [0.15, 0.2) is 36.4 Å². The molecule has 4 rings (SSSR count). The topological polar surface area (TPSA) is 59.7 Å². The van der Waals surface area contributed by atoms with E-state index in [-0.39, 0.29) is 0 Å². The number of hydrazine groups is 1. The second-order valence-electron chi connectivity index (χ2n) is 6.13. The van der Waals surface area contributed by atoms with Crippen molar-refractivity contribution in [3.63, 3.8) is 0 Å². The normalized spacial score (nSPS) is 11.3. The highest BCUT2D eigenvalue weighted by molar-refractivity contribution is 5.86. The molecule has 0 atom stereocenters. The van der Waals surface area contributed by atoms with Gasteiger partial charge in [0.1, 0.15) is 0 Å². The lowest BCUT2D eigenvalue weighted by Crippen LogP contribution is -2.08. The third-order valence-corrected chi connectivity index (χ3v) is 4.61. The van der Waals surface area contributed by atoms with Gasteiger partial charge in [-0.05, 0) is 50.2 Å². The van der Waals surface area contributed by atoms with Crippen LogP contribution in [-0.4, -0.2) is 19.6 Å². The van der Waals surface area contributed by atoms with Gasteiger partial charge in [-0.2, -0.15) is 10.2 Å². The Kier molecular flexibility index (Phi) is 3.19. The smallest absolute Gasteiger partial charge is 0.0947 e. The van der Waals surface area contributed by atoms with Crippen LogP contribution >= 0.6 is 0 Å². The molecule has 0 amide bonds. The number of aromatic nitrogens is 4. The number of hydrogen-bond acceptors (Lipinski definition) is 4. The van der Waals surface area contributed by atoms with Crippen LogP contribution in [0, 0.1) is 13.8 Å². The molecule has 6 heteroatoms. The number of nitrogens with one attached hydrogen (secondary N) is 2. The van der Waals surface area contributed by atoms with Gasteiger partial charge in [0.2, 0.25) is 0 Å². The molecule has 0 aliphatic heterocycles. The van der Waals surface area contributed by atoms with Crippen LogP contribution in [0.2, 0.25) is 0 Å². The summed E-state index contributed by atoms with van der Waals surface area (Å²) >= 11 is 0. The summed E-state index contributed by atoms with van der Waals surface area (Å²) < 4.78 is 3.80. The summed E-state index contributed by atoms with van der Waals surface area (Å²) in [6.45, 7) is 4.15. The number of anilines is 2. The third-order valence-electron chi connectivity index (χ3n) is 4.61. The van der Waals surface area contributed by atoms with E-state index in [2.05, 4.69) is 47.0 Å². The quantitative estimate of drug-likeness (QED) is 0.567. The van der Waals surface area contributed by atoms with Crippen molar-refractivity contribution in [2.24, 2.45) is 14.1 Å². The number of rotatable bonds is 3. The van der Waals surface area contributed by atoms with Crippen molar-refractivity contribution in [2.75, 3.05) is 10.9 Å². The van der Waals surface area contributed by atoms with Gasteiger partial charge in [-0.15, -0.1) is 0 Å². The van der Waals surface area contributed by atoms with E-state index < -0.39 is 0 Å². The zero-order valence-electron chi connectivity index (χ0n) is 14.3. The molecular formula is C18H20N6. The molecule has 2 aromatic carbocycles. The number of hydrogen-bond donors (Lipinski definition) is 2. The van der Waals surface area contributed by atoms with Crippen molar-refractivity contribution in [3.8, 4) is 0 Å². The van der Waals surface area contributed by atoms with Gasteiger partial charge >= 0.3 is 0 Å². The van der Waals surface area contributed by atoms with Crippen molar-refractivity contribution in [1.29, 1.82) is 0 Å². The molecule has 0 saturated carbocycles. The molecule has 2 heterocycles. The van der Waals surface area contributed by atoms with E-state index in [0.29, 0.717) is 0 Å². The second kappa shape index (κ2) is 5.26. The zero-order valence-corrected chi connectivity index (χ0v) is 14.3. The van der Waals surface area contributed by atoms with Crippen molar-refractivity contribution >= 4 is 33.2 Å². The van der Waals surface area contributed by atoms with Gasteiger partial charge in [0.05, 0.1) is 22.4 Å². The highest BCUT2D eigenvalue weighted by Gasteiger charge is 2.07. The third kappa shape index (κ3) is 2.27. The van der Waals surface area contributed by atoms with Crippen molar-refractivity contribution in [3.05, 3.63) is 47.8 Å². The highest BCUT2D eigenvalue weighted by atomic mass is 15.4. The van der Waals surface area contributed by atoms with Crippen LogP contribution in [0.25, 0.3) is 21.8 Å². The van der Waals surface area contributed by atoms with E-state index in [4.69, 9.17) is 0 Å². The van der Waals surface area contributed by atoms with Crippen molar-refractivity contribution in [1.82, 2.24) is 19.6 Å². The van der Waals surface area contributed by atoms with Gasteiger partial charge in [0, 0.05) is 36.3 Å². The second-order valence-corrected chi connectivity index (χ2v) is 6.13. The van der Waals surface area contributed by atoms with Crippen molar-refractivity contribution in [2.45, 2.75) is 13.8 Å². The number of benzene rings is 2. The van der Waals surface area contributed by atoms with E-state index in [1.54, 1.807) is 0 Å². The Labute approximate surface area is 140 Å². The maximum atomic E-state index is 4.52. The first kappa shape index (κ1) is 14.6. The van der Waals surface area contributed by atoms with Gasteiger partial charge in [0.25, 0.3) is 0 Å². The van der Waals surface area contributed by atoms with Crippen LogP contribution < -0.4 is 10.9 Å². The largest absolute Gasteiger partial charge is 0.301 e. The molecule has 0 unspecified atom stereocenters. The number of aryl methyl sites for hydroxylation is 4. The average molecular weight is 320 g/mol. The standard InChI is InChI=1S/C18H20N6/c1-11-15-7-5-13(9-17(15)21-23(11)3)19-20-14-6-8-16-12(2)24(4)22-18(16)10-14/h5-10,19-20H,1-4H3. The van der Waals surface area contributed by atoms with Crippen LogP contribution in [-0.2, 0) is 14.1 Å². The molecule has 0 radical (unpaired) electrons. The summed E-state index contributed by atoms with van der Waals surface area (Å²) in [5.74, 6) is 0. The fourth-order valence-corrected chi connectivity index (χ4v) is 2.96. The summed E-state index contributed by atoms with van der Waals surface area (Å²) in [6.07, 6.45) is 0. The van der Waals surface area contributed by atoms with E-state index in [0.717, 1.165) is 22.4 Å². The van der Waals surface area contributed by atoms with E-state index in [1.165, 1.54) is 22.2 Å². The van der Waals surface area contributed by atoms with E-state index >= 15 is 0 Å². The lowest BCUT2D eigenvalue weighted by Gasteiger charge is -2.09. The minimum Gasteiger partial charge on any atom is -0.301 e. The van der Waals surface area contributed by atoms with Gasteiger partial charge in [-0.1, -0.05) is 0 Å². The molecule has 0 aliphatic rings. The minimum absolute atomic E-state index is 0.970. The molecule has 0 bridgehead atoms. The minimum atomic E-state index is 0.970. The average Bonchev–Trinajstić information content (AvgIpc) is 3.02. The SMILES string of the molecule is Cc1c2ccc(NNc3ccc4c(C)n(C)nc4c3)cc2nn1C. The monoisotopic (exact) mass is 320 g/mol. The molecule has 6 nitrogen and oxygen atoms in total. The zero-order chi connectivity index (χ0) is 16.8. The molecule has 2 aromatic heterocycles. The lowest BCUT2D eigenvalue weighted by molar-refractivity contribution is 0.751.